The predicted molar refractivity (Wildman–Crippen MR) is 145 cm³/mol. The summed E-state index contributed by atoms with van der Waals surface area (Å²) in [6.45, 7) is 1.35. The van der Waals surface area contributed by atoms with E-state index in [1.165, 1.54) is 84.1 Å². The summed E-state index contributed by atoms with van der Waals surface area (Å²) in [4.78, 5) is 24.6. The van der Waals surface area contributed by atoms with Crippen molar-refractivity contribution >= 4 is 11.8 Å². The lowest BCUT2D eigenvalue weighted by Crippen LogP contribution is -2.60. The van der Waals surface area contributed by atoms with Gasteiger partial charge in [0.2, 0.25) is 11.8 Å². The molecule has 1 heterocycles. The fraction of sp³-hybridized carbons (Fsp3) is 0.929. The molecule has 2 amide bonds. The molecule has 10 nitrogen and oxygen atoms in total. The van der Waals surface area contributed by atoms with Gasteiger partial charge in [-0.05, 0) is 6.42 Å². The predicted octanol–water partition coefficient (Wildman–Crippen LogP) is 2.30. The number of aliphatic hydroxyl groups excluding tert-OH is 4. The van der Waals surface area contributed by atoms with Gasteiger partial charge in [-0.3, -0.25) is 9.59 Å². The normalized spacial score (nSPS) is 24.2. The molecule has 6 atom stereocenters. The highest BCUT2D eigenvalue weighted by Gasteiger charge is 2.44. The van der Waals surface area contributed by atoms with E-state index in [1.807, 2.05) is 0 Å². The SMILES string of the molecule is CCCCCCCCCCCCCCCCCC(=O)N[C@@H](CO[C@@H]1OC(CO)[C@H](O)[C@H](O)C1O)C(=O)NC. The summed E-state index contributed by atoms with van der Waals surface area (Å²) in [5, 5.41) is 44.2. The van der Waals surface area contributed by atoms with Crippen LogP contribution in [0.5, 0.6) is 0 Å². The molecule has 1 rings (SSSR count). The Labute approximate surface area is 228 Å². The molecule has 6 N–H and O–H groups in total. The minimum atomic E-state index is -1.58. The Hall–Kier alpha value is -1.30. The number of rotatable bonds is 22. The van der Waals surface area contributed by atoms with Crippen LogP contribution in [0.25, 0.3) is 0 Å². The van der Waals surface area contributed by atoms with Crippen LogP contribution in [0.1, 0.15) is 110 Å². The van der Waals surface area contributed by atoms with Crippen LogP contribution in [0.15, 0.2) is 0 Å². The molecule has 1 fully saturated rings. The summed E-state index contributed by atoms with van der Waals surface area (Å²) in [6, 6.07) is -1.02. The minimum absolute atomic E-state index is 0.273. The lowest BCUT2D eigenvalue weighted by molar-refractivity contribution is -0.301. The number of aliphatic hydroxyl groups is 4. The van der Waals surface area contributed by atoms with Crippen LogP contribution in [-0.4, -0.2) is 89.2 Å². The molecule has 0 aliphatic carbocycles. The van der Waals surface area contributed by atoms with E-state index in [4.69, 9.17) is 9.47 Å². The van der Waals surface area contributed by atoms with Crippen molar-refractivity contribution in [2.75, 3.05) is 20.3 Å². The number of carbonyl (C=O) groups excluding carboxylic acids is 2. The summed E-state index contributed by atoms with van der Waals surface area (Å²) in [5.74, 6) is -0.745. The number of ether oxygens (including phenoxy) is 2. The Kier molecular flexibility index (Phi) is 19.7. The molecule has 38 heavy (non-hydrogen) atoms. The zero-order valence-electron chi connectivity index (χ0n) is 23.6. The van der Waals surface area contributed by atoms with Crippen molar-refractivity contribution < 1.29 is 39.5 Å². The average molecular weight is 547 g/mol. The van der Waals surface area contributed by atoms with Crippen LogP contribution >= 0.6 is 0 Å². The van der Waals surface area contributed by atoms with E-state index in [1.54, 1.807) is 0 Å². The molecule has 0 saturated carbocycles. The summed E-state index contributed by atoms with van der Waals surface area (Å²) in [5.41, 5.74) is 0. The molecule has 1 saturated heterocycles. The largest absolute Gasteiger partial charge is 0.394 e. The first-order valence-electron chi connectivity index (χ1n) is 14.8. The van der Waals surface area contributed by atoms with E-state index in [-0.39, 0.29) is 12.5 Å². The quantitative estimate of drug-likeness (QED) is 0.113. The fourth-order valence-corrected chi connectivity index (χ4v) is 4.68. The van der Waals surface area contributed by atoms with E-state index >= 15 is 0 Å². The van der Waals surface area contributed by atoms with Gasteiger partial charge in [0, 0.05) is 13.5 Å². The zero-order valence-corrected chi connectivity index (χ0v) is 23.6. The van der Waals surface area contributed by atoms with Crippen LogP contribution in [-0.2, 0) is 19.1 Å². The Morgan fingerprint density at radius 1 is 0.789 bits per heavy atom. The van der Waals surface area contributed by atoms with E-state index < -0.39 is 49.3 Å². The third-order valence-corrected chi connectivity index (χ3v) is 7.18. The van der Waals surface area contributed by atoms with Gasteiger partial charge >= 0.3 is 0 Å². The van der Waals surface area contributed by atoms with Crippen molar-refractivity contribution in [1.82, 2.24) is 10.6 Å². The molecule has 0 spiro atoms. The highest BCUT2D eigenvalue weighted by Crippen LogP contribution is 2.22. The van der Waals surface area contributed by atoms with Crippen LogP contribution in [0.4, 0.5) is 0 Å². The van der Waals surface area contributed by atoms with Crippen molar-refractivity contribution in [3.05, 3.63) is 0 Å². The Morgan fingerprint density at radius 3 is 1.76 bits per heavy atom. The molecule has 10 heteroatoms. The van der Waals surface area contributed by atoms with E-state index in [9.17, 15) is 30.0 Å². The maximum atomic E-state index is 12.4. The molecule has 2 unspecified atom stereocenters. The molecule has 0 aromatic rings. The Bertz CT molecular complexity index is 622. The molecule has 1 aliphatic rings. The molecular formula is C28H54N2O8. The van der Waals surface area contributed by atoms with Crippen molar-refractivity contribution in [3.8, 4) is 0 Å². The third kappa shape index (κ3) is 14.2. The second-order valence-corrected chi connectivity index (χ2v) is 10.5. The molecule has 224 valence electrons. The summed E-state index contributed by atoms with van der Waals surface area (Å²) >= 11 is 0. The van der Waals surface area contributed by atoms with Crippen molar-refractivity contribution in [1.29, 1.82) is 0 Å². The van der Waals surface area contributed by atoms with Gasteiger partial charge in [0.25, 0.3) is 0 Å². The van der Waals surface area contributed by atoms with Crippen LogP contribution in [0.3, 0.4) is 0 Å². The molecule has 0 radical (unpaired) electrons. The van der Waals surface area contributed by atoms with Gasteiger partial charge in [-0.25, -0.2) is 0 Å². The van der Waals surface area contributed by atoms with Gasteiger partial charge < -0.3 is 40.5 Å². The Balaban J connectivity index is 2.16. The summed E-state index contributed by atoms with van der Waals surface area (Å²) < 4.78 is 10.7. The van der Waals surface area contributed by atoms with Crippen LogP contribution < -0.4 is 10.6 Å². The van der Waals surface area contributed by atoms with Gasteiger partial charge in [-0.15, -0.1) is 0 Å². The van der Waals surface area contributed by atoms with Gasteiger partial charge in [-0.2, -0.15) is 0 Å². The second-order valence-electron chi connectivity index (χ2n) is 10.5. The fourth-order valence-electron chi connectivity index (χ4n) is 4.68. The Morgan fingerprint density at radius 2 is 1.29 bits per heavy atom. The standard InChI is InChI=1S/C28H54N2O8/c1-3-4-5-6-7-8-9-10-11-12-13-14-15-16-17-18-23(32)30-21(27(36)29-2)20-37-28-26(35)25(34)24(33)22(19-31)38-28/h21-22,24-26,28,31,33-35H,3-20H2,1-2H3,(H,29,36)(H,30,32)/t21-,22?,24-,25-,26?,28+/m0/s1. The number of hydrogen-bond donors (Lipinski definition) is 6. The molecule has 0 bridgehead atoms. The topological polar surface area (TPSA) is 158 Å². The highest BCUT2D eigenvalue weighted by atomic mass is 16.7. The lowest BCUT2D eigenvalue weighted by atomic mass is 9.99. The van der Waals surface area contributed by atoms with Gasteiger partial charge in [-0.1, -0.05) is 96.8 Å². The highest BCUT2D eigenvalue weighted by molar-refractivity contribution is 5.87. The smallest absolute Gasteiger partial charge is 0.244 e. The average Bonchev–Trinajstić information content (AvgIpc) is 2.92. The lowest BCUT2D eigenvalue weighted by Gasteiger charge is -2.39. The van der Waals surface area contributed by atoms with Gasteiger partial charge in [0.05, 0.1) is 13.2 Å². The first-order valence-corrected chi connectivity index (χ1v) is 14.8. The van der Waals surface area contributed by atoms with Crippen LogP contribution in [0.2, 0.25) is 0 Å². The first kappa shape index (κ1) is 34.7. The number of carbonyl (C=O) groups is 2. The van der Waals surface area contributed by atoms with E-state index in [0.717, 1.165) is 19.3 Å². The first-order chi connectivity index (χ1) is 18.3. The maximum absolute atomic E-state index is 12.4. The third-order valence-electron chi connectivity index (χ3n) is 7.18. The van der Waals surface area contributed by atoms with Crippen molar-refractivity contribution in [2.45, 2.75) is 146 Å². The number of hydrogen-bond acceptors (Lipinski definition) is 8. The van der Waals surface area contributed by atoms with Gasteiger partial charge in [0.1, 0.15) is 30.5 Å². The monoisotopic (exact) mass is 546 g/mol. The number of nitrogens with one attached hydrogen (secondary N) is 2. The summed E-state index contributed by atoms with van der Waals surface area (Å²) in [6.07, 6.45) is 11.8. The van der Waals surface area contributed by atoms with E-state index in [2.05, 4.69) is 17.6 Å². The van der Waals surface area contributed by atoms with E-state index in [0.29, 0.717) is 6.42 Å². The molecule has 0 aromatic carbocycles. The molecule has 1 aliphatic heterocycles. The zero-order chi connectivity index (χ0) is 28.2. The number of amides is 2. The van der Waals surface area contributed by atoms with Crippen molar-refractivity contribution in [2.24, 2.45) is 0 Å². The maximum Gasteiger partial charge on any atom is 0.244 e. The molecule has 0 aromatic heterocycles. The number of likely N-dealkylation sites (N-methyl/N-ethyl adjacent to an activating group) is 1. The minimum Gasteiger partial charge on any atom is -0.394 e. The van der Waals surface area contributed by atoms with Crippen LogP contribution in [0, 0.1) is 0 Å². The summed E-state index contributed by atoms with van der Waals surface area (Å²) in [7, 11) is 1.43. The van der Waals surface area contributed by atoms with Crippen molar-refractivity contribution in [3.63, 3.8) is 0 Å². The second kappa shape index (κ2) is 21.5. The van der Waals surface area contributed by atoms with Gasteiger partial charge in [0.15, 0.2) is 6.29 Å². The molecular weight excluding hydrogens is 492 g/mol. The number of unbranched alkanes of at least 4 members (excludes halogenated alkanes) is 14.